The van der Waals surface area contributed by atoms with Gasteiger partial charge in [0.25, 0.3) is 0 Å². The van der Waals surface area contributed by atoms with Crippen molar-refractivity contribution in [2.24, 2.45) is 5.92 Å². The minimum Gasteiger partial charge on any atom is -0.467 e. The van der Waals surface area contributed by atoms with Crippen LogP contribution in [0.2, 0.25) is 0 Å². The lowest BCUT2D eigenvalue weighted by Gasteiger charge is -2.23. The first-order valence-corrected chi connectivity index (χ1v) is 6.87. The van der Waals surface area contributed by atoms with Crippen LogP contribution in [0.25, 0.3) is 0 Å². The molecule has 0 radical (unpaired) electrons. The van der Waals surface area contributed by atoms with Crippen molar-refractivity contribution in [2.75, 3.05) is 13.1 Å². The summed E-state index contributed by atoms with van der Waals surface area (Å²) in [7, 11) is 0. The number of furan rings is 1. The fraction of sp³-hybridized carbons (Fsp3) is 0.571. The molecular weight excluding hydrogens is 301 g/mol. The van der Waals surface area contributed by atoms with Crippen LogP contribution in [0.1, 0.15) is 26.0 Å². The van der Waals surface area contributed by atoms with Gasteiger partial charge in [-0.2, -0.15) is 13.2 Å². The van der Waals surface area contributed by atoms with Gasteiger partial charge in [0, 0.05) is 5.92 Å². The van der Waals surface area contributed by atoms with Crippen LogP contribution in [-0.4, -0.2) is 36.0 Å². The van der Waals surface area contributed by atoms with E-state index in [1.54, 1.807) is 13.8 Å². The minimum atomic E-state index is -4.52. The highest BCUT2D eigenvalue weighted by Gasteiger charge is 2.33. The van der Waals surface area contributed by atoms with Crippen LogP contribution in [0.3, 0.4) is 0 Å². The number of nitrogens with zero attached hydrogens (tertiary/aromatic N) is 1. The van der Waals surface area contributed by atoms with Gasteiger partial charge in [-0.15, -0.1) is 0 Å². The molecule has 1 heterocycles. The van der Waals surface area contributed by atoms with Gasteiger partial charge in [-0.1, -0.05) is 13.8 Å². The molecule has 0 saturated carbocycles. The van der Waals surface area contributed by atoms with E-state index >= 15 is 0 Å². The molecule has 5 nitrogen and oxygen atoms in total. The van der Waals surface area contributed by atoms with Crippen molar-refractivity contribution < 1.29 is 27.2 Å². The van der Waals surface area contributed by atoms with E-state index < -0.39 is 25.2 Å². The lowest BCUT2D eigenvalue weighted by Crippen LogP contribution is -2.44. The minimum absolute atomic E-state index is 0.242. The van der Waals surface area contributed by atoms with Crippen LogP contribution >= 0.6 is 0 Å². The van der Waals surface area contributed by atoms with Gasteiger partial charge < -0.3 is 14.6 Å². The Bertz CT molecular complexity index is 486. The molecule has 124 valence electrons. The van der Waals surface area contributed by atoms with Gasteiger partial charge in [-0.25, -0.2) is 0 Å². The second kappa shape index (κ2) is 7.86. The van der Waals surface area contributed by atoms with E-state index in [1.165, 1.54) is 18.4 Å². The summed E-state index contributed by atoms with van der Waals surface area (Å²) < 4.78 is 42.7. The molecule has 1 N–H and O–H groups in total. The van der Waals surface area contributed by atoms with E-state index in [1.807, 2.05) is 0 Å². The predicted octanol–water partition coefficient (Wildman–Crippen LogP) is 2.33. The van der Waals surface area contributed by atoms with Gasteiger partial charge in [0.05, 0.1) is 19.4 Å². The predicted molar refractivity (Wildman–Crippen MR) is 72.6 cm³/mol. The molecule has 0 aliphatic rings. The van der Waals surface area contributed by atoms with Gasteiger partial charge in [0.15, 0.2) is 0 Å². The van der Waals surface area contributed by atoms with E-state index in [4.69, 9.17) is 4.42 Å². The maximum atomic E-state index is 12.6. The first kappa shape index (κ1) is 18.1. The largest absolute Gasteiger partial charge is 0.467 e. The number of rotatable bonds is 7. The SMILES string of the molecule is CC[C@H](C)C(=O)NCC(=O)N(Cc1ccco1)CC(F)(F)F. The molecule has 0 aliphatic carbocycles. The molecule has 1 aromatic heterocycles. The summed E-state index contributed by atoms with van der Waals surface area (Å²) in [6.07, 6.45) is -2.63. The third kappa shape index (κ3) is 6.19. The highest BCUT2D eigenvalue weighted by molar-refractivity contribution is 5.85. The molecule has 1 atom stereocenters. The van der Waals surface area contributed by atoms with E-state index in [-0.39, 0.29) is 24.1 Å². The Labute approximate surface area is 126 Å². The number of nitrogens with one attached hydrogen (secondary N) is 1. The average Bonchev–Trinajstić information content (AvgIpc) is 2.94. The zero-order chi connectivity index (χ0) is 16.8. The first-order chi connectivity index (χ1) is 10.2. The average molecular weight is 320 g/mol. The molecule has 1 rings (SSSR count). The van der Waals surface area contributed by atoms with Gasteiger partial charge in [-0.05, 0) is 18.6 Å². The Morgan fingerprint density at radius 1 is 1.41 bits per heavy atom. The Morgan fingerprint density at radius 2 is 2.09 bits per heavy atom. The van der Waals surface area contributed by atoms with E-state index in [0.29, 0.717) is 11.3 Å². The second-order valence-electron chi connectivity index (χ2n) is 4.97. The van der Waals surface area contributed by atoms with Crippen molar-refractivity contribution >= 4 is 11.8 Å². The number of halogens is 3. The van der Waals surface area contributed by atoms with Crippen LogP contribution in [0, 0.1) is 5.92 Å². The molecule has 0 spiro atoms. The summed E-state index contributed by atoms with van der Waals surface area (Å²) in [5, 5.41) is 2.35. The zero-order valence-corrected chi connectivity index (χ0v) is 12.4. The Morgan fingerprint density at radius 3 is 2.59 bits per heavy atom. The van der Waals surface area contributed by atoms with E-state index in [0.717, 1.165) is 0 Å². The van der Waals surface area contributed by atoms with Crippen LogP contribution in [-0.2, 0) is 16.1 Å². The second-order valence-corrected chi connectivity index (χ2v) is 4.97. The Kier molecular flexibility index (Phi) is 6.45. The van der Waals surface area contributed by atoms with Gasteiger partial charge in [0.1, 0.15) is 12.3 Å². The summed E-state index contributed by atoms with van der Waals surface area (Å²) in [4.78, 5) is 24.1. The van der Waals surface area contributed by atoms with Crippen LogP contribution < -0.4 is 5.32 Å². The lowest BCUT2D eigenvalue weighted by molar-refractivity contribution is -0.162. The maximum Gasteiger partial charge on any atom is 0.406 e. The number of hydrogen-bond donors (Lipinski definition) is 1. The molecule has 2 amide bonds. The molecule has 0 bridgehead atoms. The molecule has 0 saturated heterocycles. The third-order valence-electron chi connectivity index (χ3n) is 3.12. The molecule has 0 aliphatic heterocycles. The fourth-order valence-corrected chi connectivity index (χ4v) is 1.67. The number of alkyl halides is 3. The highest BCUT2D eigenvalue weighted by atomic mass is 19.4. The summed E-state index contributed by atoms with van der Waals surface area (Å²) in [5.41, 5.74) is 0. The number of amides is 2. The molecule has 0 aromatic carbocycles. The van der Waals surface area contributed by atoms with Crippen LogP contribution in [0.4, 0.5) is 13.2 Å². The van der Waals surface area contributed by atoms with E-state index in [9.17, 15) is 22.8 Å². The Balaban J connectivity index is 2.65. The summed E-state index contributed by atoms with van der Waals surface area (Å²) in [6.45, 7) is 1.31. The standard InChI is InChI=1S/C14H19F3N2O3/c1-3-10(2)13(21)18-7-12(20)19(9-14(15,16)17)8-11-5-4-6-22-11/h4-6,10H,3,7-9H2,1-2H3,(H,18,21)/t10-/m0/s1. The summed E-state index contributed by atoms with van der Waals surface area (Å²) in [6, 6.07) is 3.00. The molecule has 1 aromatic rings. The summed E-state index contributed by atoms with van der Waals surface area (Å²) in [5.74, 6) is -1.23. The van der Waals surface area contributed by atoms with Crippen molar-refractivity contribution in [3.05, 3.63) is 24.2 Å². The van der Waals surface area contributed by atoms with Gasteiger partial charge in [-0.3, -0.25) is 9.59 Å². The number of carbonyl (C=O) groups is 2. The van der Waals surface area contributed by atoms with Gasteiger partial charge >= 0.3 is 6.18 Å². The van der Waals surface area contributed by atoms with Gasteiger partial charge in [0.2, 0.25) is 11.8 Å². The van der Waals surface area contributed by atoms with Crippen molar-refractivity contribution in [1.82, 2.24) is 10.2 Å². The molecule has 8 heteroatoms. The summed E-state index contributed by atoms with van der Waals surface area (Å²) >= 11 is 0. The monoisotopic (exact) mass is 320 g/mol. The lowest BCUT2D eigenvalue weighted by atomic mass is 10.1. The van der Waals surface area contributed by atoms with Crippen LogP contribution in [0.5, 0.6) is 0 Å². The first-order valence-electron chi connectivity index (χ1n) is 6.87. The number of hydrogen-bond acceptors (Lipinski definition) is 3. The normalized spacial score (nSPS) is 12.8. The Hall–Kier alpha value is -1.99. The smallest absolute Gasteiger partial charge is 0.406 e. The van der Waals surface area contributed by atoms with Crippen LogP contribution in [0.15, 0.2) is 22.8 Å². The maximum absolute atomic E-state index is 12.6. The fourth-order valence-electron chi connectivity index (χ4n) is 1.67. The van der Waals surface area contributed by atoms with Crippen molar-refractivity contribution in [3.8, 4) is 0 Å². The molecular formula is C14H19F3N2O3. The van der Waals surface area contributed by atoms with Crippen molar-refractivity contribution in [3.63, 3.8) is 0 Å². The number of carbonyl (C=O) groups excluding carboxylic acids is 2. The quantitative estimate of drug-likeness (QED) is 0.839. The topological polar surface area (TPSA) is 62.6 Å². The van der Waals surface area contributed by atoms with Crippen molar-refractivity contribution in [2.45, 2.75) is 33.0 Å². The van der Waals surface area contributed by atoms with E-state index in [2.05, 4.69) is 5.32 Å². The molecule has 22 heavy (non-hydrogen) atoms. The zero-order valence-electron chi connectivity index (χ0n) is 12.4. The molecule has 0 unspecified atom stereocenters. The third-order valence-corrected chi connectivity index (χ3v) is 3.12. The molecule has 0 fully saturated rings. The highest BCUT2D eigenvalue weighted by Crippen LogP contribution is 2.18. The van der Waals surface area contributed by atoms with Crippen molar-refractivity contribution in [1.29, 1.82) is 0 Å².